The van der Waals surface area contributed by atoms with Gasteiger partial charge in [0.05, 0.1) is 26.7 Å². The fourth-order valence-electron chi connectivity index (χ4n) is 3.77. The predicted octanol–water partition coefficient (Wildman–Crippen LogP) is 1.50. The Morgan fingerprint density at radius 3 is 2.97 bits per heavy atom. The molecule has 0 spiro atoms. The summed E-state index contributed by atoms with van der Waals surface area (Å²) < 4.78 is 57.4. The van der Waals surface area contributed by atoms with E-state index in [1.165, 1.54) is 31.9 Å². The van der Waals surface area contributed by atoms with Crippen LogP contribution in [0, 0.1) is 0 Å². The van der Waals surface area contributed by atoms with E-state index in [1.54, 1.807) is 0 Å². The number of aromatic nitrogens is 4. The number of esters is 1. The summed E-state index contributed by atoms with van der Waals surface area (Å²) in [6.07, 6.45) is -1.32. The van der Waals surface area contributed by atoms with Gasteiger partial charge in [0.15, 0.2) is 23.1 Å². The molecule has 0 radical (unpaired) electrons. The van der Waals surface area contributed by atoms with Crippen LogP contribution in [0.3, 0.4) is 0 Å². The minimum atomic E-state index is -4.03. The lowest BCUT2D eigenvalue weighted by molar-refractivity contribution is -0.142. The van der Waals surface area contributed by atoms with Crippen LogP contribution >= 0.6 is 7.75 Å². The largest absolute Gasteiger partial charge is 0.476 e. The molecule has 2 aromatic rings. The maximum absolute atomic E-state index is 16.1. The van der Waals surface area contributed by atoms with Crippen molar-refractivity contribution in [3.63, 3.8) is 0 Å². The number of nitrogens with zero attached hydrogens (tertiary/aromatic N) is 4. The molecule has 0 unspecified atom stereocenters. The lowest BCUT2D eigenvalue weighted by atomic mass is 9.98. The van der Waals surface area contributed by atoms with Crippen LogP contribution in [-0.2, 0) is 27.9 Å². The van der Waals surface area contributed by atoms with Gasteiger partial charge in [0.25, 0.3) is 0 Å². The molecule has 0 saturated carbocycles. The molecule has 0 aliphatic carbocycles. The Kier molecular flexibility index (Phi) is 6.31. The number of halogens is 1. The number of carbonyl (C=O) groups excluding carboxylic acids is 1. The summed E-state index contributed by atoms with van der Waals surface area (Å²) in [5.74, 6) is -0.568. The van der Waals surface area contributed by atoms with Crippen LogP contribution in [-0.4, -0.2) is 69.7 Å². The van der Waals surface area contributed by atoms with Gasteiger partial charge in [0.2, 0.25) is 11.8 Å². The van der Waals surface area contributed by atoms with Crippen molar-refractivity contribution < 1.29 is 37.0 Å². The molecular formula is C18H26FN6O7P. The first-order valence-electron chi connectivity index (χ1n) is 10.4. The first-order chi connectivity index (χ1) is 15.6. The van der Waals surface area contributed by atoms with Crippen molar-refractivity contribution in [1.82, 2.24) is 24.6 Å². The van der Waals surface area contributed by atoms with Crippen LogP contribution in [0.25, 0.3) is 11.2 Å². The third-order valence-corrected chi connectivity index (χ3v) is 7.05. The number of nitrogens with two attached hydrogens (primary N) is 1. The molecule has 0 amide bonds. The fourth-order valence-corrected chi connectivity index (χ4v) is 5.53. The molecule has 0 aromatic carbocycles. The number of methoxy groups -OCH3 is 1. The van der Waals surface area contributed by atoms with Gasteiger partial charge in [-0.1, -0.05) is 6.92 Å². The van der Waals surface area contributed by atoms with Gasteiger partial charge in [0.1, 0.15) is 18.2 Å². The zero-order valence-electron chi connectivity index (χ0n) is 18.6. The van der Waals surface area contributed by atoms with Crippen LogP contribution in [0.4, 0.5) is 10.3 Å². The van der Waals surface area contributed by atoms with Crippen molar-refractivity contribution in [3.05, 3.63) is 6.33 Å². The maximum Gasteiger partial charge on any atom is 0.406 e. The Bertz CT molecular complexity index is 1100. The first-order valence-corrected chi connectivity index (χ1v) is 11.9. The molecule has 2 aromatic heterocycles. The van der Waals surface area contributed by atoms with E-state index in [0.717, 1.165) is 6.42 Å². The maximum atomic E-state index is 16.1. The second-order valence-corrected chi connectivity index (χ2v) is 9.65. The minimum Gasteiger partial charge on any atom is -0.476 e. The number of anilines is 1. The molecule has 2 aliphatic heterocycles. The summed E-state index contributed by atoms with van der Waals surface area (Å²) in [4.78, 5) is 24.2. The normalized spacial score (nSPS) is 32.5. The summed E-state index contributed by atoms with van der Waals surface area (Å²) in [7, 11) is -2.84. The van der Waals surface area contributed by atoms with E-state index in [2.05, 4.69) is 24.8 Å². The van der Waals surface area contributed by atoms with E-state index in [9.17, 15) is 9.36 Å². The fraction of sp³-hybridized carbons (Fsp3) is 0.667. The second kappa shape index (κ2) is 8.76. The van der Waals surface area contributed by atoms with Crippen molar-refractivity contribution in [2.24, 2.45) is 0 Å². The summed E-state index contributed by atoms with van der Waals surface area (Å²) >= 11 is 0. The highest BCUT2D eigenvalue weighted by Crippen LogP contribution is 2.57. The van der Waals surface area contributed by atoms with Crippen molar-refractivity contribution >= 4 is 30.8 Å². The molecule has 2 fully saturated rings. The zero-order valence-corrected chi connectivity index (χ0v) is 19.5. The van der Waals surface area contributed by atoms with Gasteiger partial charge in [-0.2, -0.15) is 9.97 Å². The molecule has 0 bridgehead atoms. The van der Waals surface area contributed by atoms with E-state index in [4.69, 9.17) is 24.3 Å². The number of nitrogen functional groups attached to an aromatic ring is 1. The monoisotopic (exact) mass is 488 g/mol. The summed E-state index contributed by atoms with van der Waals surface area (Å²) in [6, 6.07) is -1.000. The highest BCUT2D eigenvalue weighted by molar-refractivity contribution is 7.51. The summed E-state index contributed by atoms with van der Waals surface area (Å²) in [5, 5.41) is 2.45. The zero-order chi connectivity index (χ0) is 24.0. The van der Waals surface area contributed by atoms with Gasteiger partial charge in [-0.25, -0.2) is 19.0 Å². The quantitative estimate of drug-likeness (QED) is 0.427. The summed E-state index contributed by atoms with van der Waals surface area (Å²) in [5.41, 5.74) is 4.14. The van der Waals surface area contributed by atoms with Gasteiger partial charge in [0, 0.05) is 0 Å². The van der Waals surface area contributed by atoms with E-state index >= 15 is 4.39 Å². The molecule has 3 N–H and O–H groups in total. The molecule has 182 valence electrons. The number of imidazole rings is 1. The van der Waals surface area contributed by atoms with Gasteiger partial charge in [-0.3, -0.25) is 18.4 Å². The van der Waals surface area contributed by atoms with Gasteiger partial charge in [-0.05, 0) is 20.3 Å². The van der Waals surface area contributed by atoms with Crippen LogP contribution < -0.4 is 15.6 Å². The van der Waals surface area contributed by atoms with E-state index in [1.807, 2.05) is 6.92 Å². The minimum absolute atomic E-state index is 0.0728. The number of hydrogen-bond acceptors (Lipinski definition) is 11. The topological polar surface area (TPSA) is 162 Å². The molecule has 6 atom stereocenters. The van der Waals surface area contributed by atoms with Crippen molar-refractivity contribution in [2.45, 2.75) is 57.3 Å². The van der Waals surface area contributed by atoms with Crippen LogP contribution in [0.1, 0.15) is 33.4 Å². The summed E-state index contributed by atoms with van der Waals surface area (Å²) in [6.45, 7) is 4.78. The first kappa shape index (κ1) is 23.8. The van der Waals surface area contributed by atoms with Crippen molar-refractivity contribution in [2.75, 3.05) is 26.1 Å². The van der Waals surface area contributed by atoms with E-state index in [-0.39, 0.29) is 24.1 Å². The number of carbonyl (C=O) groups is 1. The average molecular weight is 488 g/mol. The average Bonchev–Trinajstić information content (AvgIpc) is 3.29. The number of alkyl halides is 1. The van der Waals surface area contributed by atoms with Crippen LogP contribution in [0.2, 0.25) is 0 Å². The molecule has 2 aliphatic rings. The number of rotatable bonds is 7. The van der Waals surface area contributed by atoms with Crippen molar-refractivity contribution in [3.8, 4) is 5.88 Å². The molecule has 2 saturated heterocycles. The highest BCUT2D eigenvalue weighted by Gasteiger charge is 2.61. The third-order valence-electron chi connectivity index (χ3n) is 5.35. The Morgan fingerprint density at radius 1 is 1.52 bits per heavy atom. The molecule has 4 rings (SSSR count). The standard InChI is InChI=1S/C18H26FN6O7P/c1-5-6-29-14-11-13(22-17(20)23-14)25(8-21-11)16-18(3,19)12-10(31-16)7-30-33(27,32-12)24-9(2)15(26)28-4/h8-10,12,16H,5-7H2,1-4H3,(H,24,27)(H2,20,22,23)/t9-,10+,12+,16+,18+,33+/m0/s1. The number of fused-ring (bicyclic) bond motifs is 2. The number of hydrogen-bond donors (Lipinski definition) is 2. The Balaban J connectivity index is 1.62. The second-order valence-electron chi connectivity index (χ2n) is 7.93. The third kappa shape index (κ3) is 4.28. The Labute approximate surface area is 188 Å². The highest BCUT2D eigenvalue weighted by atomic mass is 31.2. The van der Waals surface area contributed by atoms with Gasteiger partial charge >= 0.3 is 13.7 Å². The number of nitrogens with one attached hydrogen (secondary N) is 1. The SMILES string of the molecule is CCCOc1nc(N)nc2c1ncn2[C@@H]1O[C@@H]2CO[P@](=O)(N[C@@H](C)C(=O)OC)O[C@H]2[C@@]1(C)F. The van der Waals surface area contributed by atoms with Crippen LogP contribution in [0.5, 0.6) is 5.88 Å². The smallest absolute Gasteiger partial charge is 0.406 e. The van der Waals surface area contributed by atoms with Crippen molar-refractivity contribution in [1.29, 1.82) is 0 Å². The lowest BCUT2D eigenvalue weighted by Crippen LogP contribution is -2.47. The molecule has 15 heteroatoms. The molecular weight excluding hydrogens is 462 g/mol. The molecule has 13 nitrogen and oxygen atoms in total. The van der Waals surface area contributed by atoms with E-state index < -0.39 is 43.9 Å². The van der Waals surface area contributed by atoms with Gasteiger partial charge < -0.3 is 19.9 Å². The lowest BCUT2D eigenvalue weighted by Gasteiger charge is -2.35. The molecule has 4 heterocycles. The van der Waals surface area contributed by atoms with Crippen LogP contribution in [0.15, 0.2) is 6.33 Å². The Morgan fingerprint density at radius 2 is 2.27 bits per heavy atom. The van der Waals surface area contributed by atoms with Gasteiger partial charge in [-0.15, -0.1) is 0 Å². The molecule has 33 heavy (non-hydrogen) atoms. The van der Waals surface area contributed by atoms with E-state index in [0.29, 0.717) is 12.1 Å². The Hall–Kier alpha value is -2.38. The number of ether oxygens (including phenoxy) is 3. The predicted molar refractivity (Wildman–Crippen MR) is 112 cm³/mol.